The van der Waals surface area contributed by atoms with Crippen molar-refractivity contribution in [2.24, 2.45) is 0 Å². The zero-order valence-electron chi connectivity index (χ0n) is 15.8. The summed E-state index contributed by atoms with van der Waals surface area (Å²) in [7, 11) is 0. The standard InChI is InChI=1S/C20H26N4O3/c1-3-26-13-27-18-10-15(12-25)6-7-17(18)20-14(2)9-19(23-24-20)22-16-5-4-8-21-11-16/h6-7,9-10,12,16,21H,3-5,8,11,13H2,1-2H3,(H,22,23)/t16-/m1/s1. The van der Waals surface area contributed by atoms with E-state index in [1.165, 1.54) is 0 Å². The fourth-order valence-corrected chi connectivity index (χ4v) is 3.12. The van der Waals surface area contributed by atoms with Gasteiger partial charge in [-0.25, -0.2) is 0 Å². The van der Waals surface area contributed by atoms with Gasteiger partial charge in [0.15, 0.2) is 6.79 Å². The monoisotopic (exact) mass is 370 g/mol. The van der Waals surface area contributed by atoms with Gasteiger partial charge in [0, 0.05) is 30.3 Å². The molecule has 144 valence electrons. The van der Waals surface area contributed by atoms with E-state index in [0.717, 1.165) is 54.9 Å². The normalized spacial score (nSPS) is 16.7. The van der Waals surface area contributed by atoms with Crippen molar-refractivity contribution in [3.63, 3.8) is 0 Å². The van der Waals surface area contributed by atoms with E-state index in [1.54, 1.807) is 12.1 Å². The molecule has 7 heteroatoms. The number of anilines is 1. The number of hydrogen-bond donors (Lipinski definition) is 2. The average molecular weight is 370 g/mol. The first-order chi connectivity index (χ1) is 13.2. The molecule has 0 aliphatic carbocycles. The highest BCUT2D eigenvalue weighted by atomic mass is 16.7. The van der Waals surface area contributed by atoms with E-state index in [0.29, 0.717) is 24.0 Å². The van der Waals surface area contributed by atoms with Crippen LogP contribution in [0, 0.1) is 6.92 Å². The first-order valence-electron chi connectivity index (χ1n) is 9.33. The van der Waals surface area contributed by atoms with Crippen LogP contribution in [0.3, 0.4) is 0 Å². The summed E-state index contributed by atoms with van der Waals surface area (Å²) in [6.07, 6.45) is 3.07. The molecule has 1 aliphatic rings. The molecule has 1 aromatic heterocycles. The third kappa shape index (κ3) is 5.02. The van der Waals surface area contributed by atoms with Crippen molar-refractivity contribution >= 4 is 12.1 Å². The number of piperidine rings is 1. The first-order valence-corrected chi connectivity index (χ1v) is 9.33. The second kappa shape index (κ2) is 9.43. The Labute approximate surface area is 159 Å². The van der Waals surface area contributed by atoms with Gasteiger partial charge in [0.1, 0.15) is 17.9 Å². The number of nitrogens with one attached hydrogen (secondary N) is 2. The molecular weight excluding hydrogens is 344 g/mol. The molecule has 1 fully saturated rings. The molecule has 2 N–H and O–H groups in total. The molecule has 0 unspecified atom stereocenters. The highest BCUT2D eigenvalue weighted by Gasteiger charge is 2.16. The van der Waals surface area contributed by atoms with Crippen LogP contribution in [0.15, 0.2) is 24.3 Å². The number of ether oxygens (including phenoxy) is 2. The molecular formula is C20H26N4O3. The van der Waals surface area contributed by atoms with Crippen LogP contribution in [0.2, 0.25) is 0 Å². The average Bonchev–Trinajstić information content (AvgIpc) is 2.69. The molecule has 0 saturated carbocycles. The van der Waals surface area contributed by atoms with Gasteiger partial charge in [-0.05, 0) is 57.0 Å². The van der Waals surface area contributed by atoms with Crippen LogP contribution in [-0.2, 0) is 4.74 Å². The van der Waals surface area contributed by atoms with E-state index < -0.39 is 0 Å². The van der Waals surface area contributed by atoms with E-state index in [2.05, 4.69) is 20.8 Å². The number of aldehydes is 1. The highest BCUT2D eigenvalue weighted by molar-refractivity contribution is 5.80. The molecule has 0 amide bonds. The van der Waals surface area contributed by atoms with Gasteiger partial charge in [-0.1, -0.05) is 6.07 Å². The van der Waals surface area contributed by atoms with Crippen molar-refractivity contribution in [2.45, 2.75) is 32.7 Å². The summed E-state index contributed by atoms with van der Waals surface area (Å²) in [6, 6.07) is 7.64. The van der Waals surface area contributed by atoms with Crippen molar-refractivity contribution in [2.75, 3.05) is 31.8 Å². The molecule has 0 bridgehead atoms. The maximum atomic E-state index is 11.1. The third-order valence-electron chi connectivity index (χ3n) is 4.53. The summed E-state index contributed by atoms with van der Waals surface area (Å²) >= 11 is 0. The summed E-state index contributed by atoms with van der Waals surface area (Å²) in [5, 5.41) is 15.6. The molecule has 0 spiro atoms. The third-order valence-corrected chi connectivity index (χ3v) is 4.53. The van der Waals surface area contributed by atoms with Gasteiger partial charge < -0.3 is 20.1 Å². The van der Waals surface area contributed by atoms with E-state index in [1.807, 2.05) is 26.0 Å². The summed E-state index contributed by atoms with van der Waals surface area (Å²) in [5.74, 6) is 1.33. The Kier molecular flexibility index (Phi) is 6.73. The van der Waals surface area contributed by atoms with Crippen molar-refractivity contribution < 1.29 is 14.3 Å². The molecule has 1 atom stereocenters. The van der Waals surface area contributed by atoms with Crippen molar-refractivity contribution in [1.29, 1.82) is 0 Å². The Hall–Kier alpha value is -2.51. The van der Waals surface area contributed by atoms with Crippen LogP contribution in [-0.4, -0.2) is 49.0 Å². The molecule has 27 heavy (non-hydrogen) atoms. The van der Waals surface area contributed by atoms with Gasteiger partial charge in [-0.2, -0.15) is 0 Å². The lowest BCUT2D eigenvalue weighted by Crippen LogP contribution is -2.38. The van der Waals surface area contributed by atoms with E-state index in [9.17, 15) is 4.79 Å². The number of hydrogen-bond acceptors (Lipinski definition) is 7. The topological polar surface area (TPSA) is 85.4 Å². The van der Waals surface area contributed by atoms with E-state index >= 15 is 0 Å². The number of rotatable bonds is 8. The first kappa shape index (κ1) is 19.3. The van der Waals surface area contributed by atoms with Crippen molar-refractivity contribution in [1.82, 2.24) is 15.5 Å². The molecule has 1 aromatic carbocycles. The zero-order valence-corrected chi connectivity index (χ0v) is 15.8. The van der Waals surface area contributed by atoms with Crippen LogP contribution in [0.1, 0.15) is 35.7 Å². The molecule has 3 rings (SSSR count). The van der Waals surface area contributed by atoms with Crippen molar-refractivity contribution in [3.8, 4) is 17.0 Å². The molecule has 1 aliphatic heterocycles. The lowest BCUT2D eigenvalue weighted by Gasteiger charge is -2.24. The largest absolute Gasteiger partial charge is 0.467 e. The van der Waals surface area contributed by atoms with Gasteiger partial charge in [0.25, 0.3) is 0 Å². The Morgan fingerprint density at radius 2 is 2.22 bits per heavy atom. The molecule has 7 nitrogen and oxygen atoms in total. The minimum absolute atomic E-state index is 0.118. The van der Waals surface area contributed by atoms with Crippen LogP contribution >= 0.6 is 0 Å². The maximum Gasteiger partial charge on any atom is 0.189 e. The molecule has 2 heterocycles. The smallest absolute Gasteiger partial charge is 0.189 e. The van der Waals surface area contributed by atoms with Gasteiger partial charge in [0.2, 0.25) is 0 Å². The Morgan fingerprint density at radius 1 is 1.33 bits per heavy atom. The highest BCUT2D eigenvalue weighted by Crippen LogP contribution is 2.32. The van der Waals surface area contributed by atoms with Gasteiger partial charge in [-0.15, -0.1) is 10.2 Å². The van der Waals surface area contributed by atoms with Gasteiger partial charge >= 0.3 is 0 Å². The second-order valence-corrected chi connectivity index (χ2v) is 6.58. The van der Waals surface area contributed by atoms with Crippen LogP contribution in [0.4, 0.5) is 5.82 Å². The zero-order chi connectivity index (χ0) is 19.1. The molecule has 2 aromatic rings. The summed E-state index contributed by atoms with van der Waals surface area (Å²) < 4.78 is 11.0. The van der Waals surface area contributed by atoms with E-state index in [-0.39, 0.29) is 6.79 Å². The fraction of sp³-hybridized carbons (Fsp3) is 0.450. The van der Waals surface area contributed by atoms with Crippen LogP contribution < -0.4 is 15.4 Å². The lowest BCUT2D eigenvalue weighted by atomic mass is 10.0. The molecule has 0 radical (unpaired) electrons. The summed E-state index contributed by atoms with van der Waals surface area (Å²) in [4.78, 5) is 11.1. The predicted octanol–water partition coefficient (Wildman–Crippen LogP) is 2.80. The van der Waals surface area contributed by atoms with Crippen LogP contribution in [0.25, 0.3) is 11.3 Å². The fourth-order valence-electron chi connectivity index (χ4n) is 3.12. The number of nitrogens with zero attached hydrogens (tertiary/aromatic N) is 2. The van der Waals surface area contributed by atoms with E-state index in [4.69, 9.17) is 9.47 Å². The SMILES string of the molecule is CCOCOc1cc(C=O)ccc1-c1nnc(N[C@@H]2CCCNC2)cc1C. The number of carbonyl (C=O) groups excluding carboxylic acids is 1. The number of aromatic nitrogens is 2. The van der Waals surface area contributed by atoms with Crippen LogP contribution in [0.5, 0.6) is 5.75 Å². The predicted molar refractivity (Wildman–Crippen MR) is 104 cm³/mol. The minimum Gasteiger partial charge on any atom is -0.467 e. The Bertz CT molecular complexity index is 776. The number of aryl methyl sites for hydroxylation is 1. The lowest BCUT2D eigenvalue weighted by molar-refractivity contribution is 0.0227. The molecule has 1 saturated heterocycles. The minimum atomic E-state index is 0.118. The Morgan fingerprint density at radius 3 is 2.93 bits per heavy atom. The quantitative estimate of drug-likeness (QED) is 0.420. The number of benzene rings is 1. The number of carbonyl (C=O) groups is 1. The summed E-state index contributed by atoms with van der Waals surface area (Å²) in [6.45, 7) is 6.57. The van der Waals surface area contributed by atoms with Gasteiger partial charge in [-0.3, -0.25) is 4.79 Å². The second-order valence-electron chi connectivity index (χ2n) is 6.58. The Balaban J connectivity index is 1.83. The summed E-state index contributed by atoms with van der Waals surface area (Å²) in [5.41, 5.74) is 3.04. The van der Waals surface area contributed by atoms with Gasteiger partial charge in [0.05, 0.1) is 5.69 Å². The maximum absolute atomic E-state index is 11.1. The van der Waals surface area contributed by atoms with Crippen molar-refractivity contribution in [3.05, 3.63) is 35.4 Å².